The lowest BCUT2D eigenvalue weighted by Crippen LogP contribution is -2.37. The van der Waals surface area contributed by atoms with Gasteiger partial charge >= 0.3 is 0 Å². The minimum Gasteiger partial charge on any atom is -0.383 e. The van der Waals surface area contributed by atoms with Crippen molar-refractivity contribution in [1.82, 2.24) is 15.3 Å². The van der Waals surface area contributed by atoms with Crippen molar-refractivity contribution < 1.29 is 9.47 Å². The lowest BCUT2D eigenvalue weighted by molar-refractivity contribution is 0.0455. The van der Waals surface area contributed by atoms with Gasteiger partial charge in [-0.25, -0.2) is 9.97 Å². The van der Waals surface area contributed by atoms with Crippen LogP contribution < -0.4 is 16.0 Å². The minimum atomic E-state index is -0.418. The monoisotopic (exact) mass is 526 g/mol. The predicted molar refractivity (Wildman–Crippen MR) is 148 cm³/mol. The molecule has 3 heterocycles. The van der Waals surface area contributed by atoms with Crippen LogP contribution in [0.4, 0.5) is 11.6 Å². The number of aromatic nitrogens is 2. The average molecular weight is 527 g/mol. The first-order chi connectivity index (χ1) is 18.0. The molecule has 1 saturated carbocycles. The van der Waals surface area contributed by atoms with Crippen LogP contribution in [0.15, 0.2) is 30.5 Å². The van der Waals surface area contributed by atoms with Gasteiger partial charge in [0.1, 0.15) is 11.6 Å². The quantitative estimate of drug-likeness (QED) is 0.370. The van der Waals surface area contributed by atoms with Crippen molar-refractivity contribution in [1.29, 1.82) is 5.26 Å². The highest BCUT2D eigenvalue weighted by Crippen LogP contribution is 2.32. The number of nitriles is 1. The summed E-state index contributed by atoms with van der Waals surface area (Å²) in [5, 5.41) is 20.9. The third kappa shape index (κ3) is 7.78. The summed E-state index contributed by atoms with van der Waals surface area (Å²) in [6.45, 7) is 5.74. The lowest BCUT2D eigenvalue weighted by Gasteiger charge is -2.30. The van der Waals surface area contributed by atoms with E-state index in [1.165, 1.54) is 12.8 Å². The number of nitrogens with one attached hydrogen (secondary N) is 3. The van der Waals surface area contributed by atoms with Crippen LogP contribution in [0.2, 0.25) is 5.02 Å². The Morgan fingerprint density at radius 1 is 1.22 bits per heavy atom. The summed E-state index contributed by atoms with van der Waals surface area (Å²) in [6.07, 6.45) is 7.77. The van der Waals surface area contributed by atoms with Gasteiger partial charge in [-0.15, -0.1) is 0 Å². The molecule has 2 fully saturated rings. The van der Waals surface area contributed by atoms with Gasteiger partial charge < -0.3 is 25.4 Å². The molecule has 1 aliphatic heterocycles. The molecule has 2 aromatic heterocycles. The van der Waals surface area contributed by atoms with Crippen LogP contribution in [-0.2, 0) is 9.47 Å². The highest BCUT2D eigenvalue weighted by atomic mass is 35.5. The van der Waals surface area contributed by atoms with E-state index in [1.807, 2.05) is 24.3 Å². The summed E-state index contributed by atoms with van der Waals surface area (Å²) >= 11 is 6.55. The number of halogens is 1. The molecule has 2 aromatic rings. The molecular weight excluding hydrogens is 488 g/mol. The fourth-order valence-corrected chi connectivity index (χ4v) is 5.34. The van der Waals surface area contributed by atoms with Crippen molar-refractivity contribution >= 4 is 23.2 Å². The molecule has 8 nitrogen and oxygen atoms in total. The van der Waals surface area contributed by atoms with Crippen LogP contribution in [0.3, 0.4) is 0 Å². The van der Waals surface area contributed by atoms with Crippen LogP contribution in [0.5, 0.6) is 0 Å². The number of methoxy groups -OCH3 is 1. The van der Waals surface area contributed by atoms with E-state index >= 15 is 0 Å². The first kappa shape index (κ1) is 27.6. The topological polar surface area (TPSA) is 104 Å². The normalized spacial score (nSPS) is 22.1. The van der Waals surface area contributed by atoms with Gasteiger partial charge in [-0.05, 0) is 76.1 Å². The summed E-state index contributed by atoms with van der Waals surface area (Å²) in [6, 6.07) is 11.1. The van der Waals surface area contributed by atoms with Gasteiger partial charge in [0.2, 0.25) is 0 Å². The molecule has 37 heavy (non-hydrogen) atoms. The Morgan fingerprint density at radius 2 is 2.00 bits per heavy atom. The molecule has 0 unspecified atom stereocenters. The third-order valence-electron chi connectivity index (χ3n) is 7.55. The van der Waals surface area contributed by atoms with Crippen molar-refractivity contribution in [2.24, 2.45) is 11.3 Å². The highest BCUT2D eigenvalue weighted by Gasteiger charge is 2.32. The molecule has 1 atom stereocenters. The van der Waals surface area contributed by atoms with Crippen LogP contribution >= 0.6 is 11.6 Å². The van der Waals surface area contributed by atoms with E-state index in [2.05, 4.69) is 33.9 Å². The van der Waals surface area contributed by atoms with E-state index in [0.29, 0.717) is 42.8 Å². The van der Waals surface area contributed by atoms with Crippen molar-refractivity contribution in [3.63, 3.8) is 0 Å². The molecule has 0 bridgehead atoms. The lowest BCUT2D eigenvalue weighted by atomic mass is 9.82. The van der Waals surface area contributed by atoms with Gasteiger partial charge in [-0.2, -0.15) is 5.26 Å². The van der Waals surface area contributed by atoms with Crippen molar-refractivity contribution in [2.75, 3.05) is 50.7 Å². The fraction of sp³-hybridized carbons (Fsp3) is 0.607. The van der Waals surface area contributed by atoms with E-state index in [1.54, 1.807) is 13.3 Å². The van der Waals surface area contributed by atoms with E-state index in [0.717, 1.165) is 61.7 Å². The molecular formula is C28H39ClN6O2. The highest BCUT2D eigenvalue weighted by molar-refractivity contribution is 6.33. The van der Waals surface area contributed by atoms with E-state index < -0.39 is 5.41 Å². The Morgan fingerprint density at radius 3 is 2.73 bits per heavy atom. The number of hydrogen-bond donors (Lipinski definition) is 3. The number of anilines is 2. The van der Waals surface area contributed by atoms with Crippen molar-refractivity contribution in [2.45, 2.75) is 57.5 Å². The Bertz CT molecular complexity index is 1050. The number of pyridine rings is 2. The number of ether oxygens (including phenoxy) is 2. The molecule has 0 spiro atoms. The first-order valence-electron chi connectivity index (χ1n) is 13.3. The summed E-state index contributed by atoms with van der Waals surface area (Å²) < 4.78 is 10.7. The molecule has 2 aliphatic rings. The second-order valence-electron chi connectivity index (χ2n) is 10.4. The second-order valence-corrected chi connectivity index (χ2v) is 10.8. The molecule has 0 aromatic carbocycles. The van der Waals surface area contributed by atoms with Crippen LogP contribution in [-0.4, -0.2) is 62.1 Å². The van der Waals surface area contributed by atoms with E-state index in [9.17, 15) is 5.26 Å². The summed E-state index contributed by atoms with van der Waals surface area (Å²) in [5.41, 5.74) is 1.20. The second kappa shape index (κ2) is 13.4. The average Bonchev–Trinajstić information content (AvgIpc) is 2.93. The molecule has 200 valence electrons. The standard InChI is InChI=1S/C28H39ClN6O2/c1-20(17-36-2)31-15-21-6-8-22(9-7-21)34-27-14-23(24(29)16-32-27)25-4-3-5-26(35-25)33-19-28(18-30)10-12-37-13-11-28/h3-5,14,16,20-22,31H,6-13,15,17,19H2,1-2H3,(H,32,34)(H,33,35)/t20-,21?,22?/m0/s1. The smallest absolute Gasteiger partial charge is 0.126 e. The Labute approximate surface area is 225 Å². The van der Waals surface area contributed by atoms with Crippen LogP contribution in [0.25, 0.3) is 11.3 Å². The maximum Gasteiger partial charge on any atom is 0.126 e. The largest absolute Gasteiger partial charge is 0.383 e. The third-order valence-corrected chi connectivity index (χ3v) is 7.85. The molecule has 4 rings (SSSR count). The van der Waals surface area contributed by atoms with Gasteiger partial charge in [-0.1, -0.05) is 17.7 Å². The van der Waals surface area contributed by atoms with E-state index in [-0.39, 0.29) is 0 Å². The molecule has 0 amide bonds. The Kier molecular flexibility index (Phi) is 9.98. The zero-order valence-electron chi connectivity index (χ0n) is 21.9. The van der Waals surface area contributed by atoms with Gasteiger partial charge in [0.25, 0.3) is 0 Å². The van der Waals surface area contributed by atoms with Crippen LogP contribution in [0.1, 0.15) is 45.4 Å². The van der Waals surface area contributed by atoms with Gasteiger partial charge in [0, 0.05) is 50.7 Å². The number of rotatable bonds is 11. The summed E-state index contributed by atoms with van der Waals surface area (Å²) in [5.74, 6) is 2.25. The van der Waals surface area contributed by atoms with Gasteiger partial charge in [0.05, 0.1) is 28.8 Å². The van der Waals surface area contributed by atoms with Crippen molar-refractivity contribution in [3.8, 4) is 17.3 Å². The first-order valence-corrected chi connectivity index (χ1v) is 13.7. The zero-order valence-corrected chi connectivity index (χ0v) is 22.7. The minimum absolute atomic E-state index is 0.383. The maximum atomic E-state index is 9.73. The number of nitrogens with zero attached hydrogens (tertiary/aromatic N) is 3. The zero-order chi connectivity index (χ0) is 26.1. The summed E-state index contributed by atoms with van der Waals surface area (Å²) in [7, 11) is 1.74. The predicted octanol–water partition coefficient (Wildman–Crippen LogP) is 5.12. The van der Waals surface area contributed by atoms with Crippen LogP contribution in [0, 0.1) is 22.7 Å². The molecule has 1 saturated heterocycles. The number of hydrogen-bond acceptors (Lipinski definition) is 8. The molecule has 9 heteroatoms. The molecule has 3 N–H and O–H groups in total. The Balaban J connectivity index is 1.34. The maximum absolute atomic E-state index is 9.73. The SMILES string of the molecule is COC[C@H](C)NCC1CCC(Nc2cc(-c3cccc(NCC4(C#N)CCOCC4)n3)c(Cl)cn2)CC1. The van der Waals surface area contributed by atoms with E-state index in [4.69, 9.17) is 26.1 Å². The molecule has 1 aliphatic carbocycles. The Hall–Kier alpha value is -2.44. The fourth-order valence-electron chi connectivity index (χ4n) is 5.14. The molecule has 0 radical (unpaired) electrons. The summed E-state index contributed by atoms with van der Waals surface area (Å²) in [4.78, 5) is 9.33. The van der Waals surface area contributed by atoms with Crippen molar-refractivity contribution in [3.05, 3.63) is 35.5 Å². The van der Waals surface area contributed by atoms with Gasteiger partial charge in [-0.3, -0.25) is 0 Å². The van der Waals surface area contributed by atoms with Gasteiger partial charge in [0.15, 0.2) is 0 Å².